The van der Waals surface area contributed by atoms with E-state index in [4.69, 9.17) is 0 Å². The van der Waals surface area contributed by atoms with Crippen LogP contribution in [0.25, 0.3) is 0 Å². The fraction of sp³-hybridized carbons (Fsp3) is 0.600. The molecule has 0 saturated heterocycles. The third-order valence-corrected chi connectivity index (χ3v) is 5.26. The quantitative estimate of drug-likeness (QED) is 0.598. The maximum Gasteiger partial charge on any atom is 0.534 e. The predicted molar refractivity (Wildman–Crippen MR) is 77.3 cm³/mol. The Labute approximate surface area is 128 Å². The lowest BCUT2D eigenvalue weighted by molar-refractivity contribution is -0.0500. The number of rotatable bonds is 2. The third-order valence-electron chi connectivity index (χ3n) is 4.29. The van der Waals surface area contributed by atoms with Gasteiger partial charge in [-0.15, -0.1) is 0 Å². The van der Waals surface area contributed by atoms with E-state index in [1.807, 2.05) is 33.8 Å². The van der Waals surface area contributed by atoms with Crippen molar-refractivity contribution in [3.05, 3.63) is 29.3 Å². The van der Waals surface area contributed by atoms with Crippen molar-refractivity contribution in [3.63, 3.8) is 0 Å². The molecule has 1 aliphatic carbocycles. The molecule has 1 aromatic rings. The number of hydrogen-bond donors (Lipinski definition) is 0. The first-order valence-electron chi connectivity index (χ1n) is 6.93. The van der Waals surface area contributed by atoms with Crippen LogP contribution in [0.5, 0.6) is 5.75 Å². The van der Waals surface area contributed by atoms with Crippen LogP contribution in [-0.2, 0) is 20.9 Å². The minimum atomic E-state index is -5.67. The van der Waals surface area contributed by atoms with Crippen molar-refractivity contribution in [2.24, 2.45) is 0 Å². The molecule has 0 aliphatic heterocycles. The Hall–Kier alpha value is -1.24. The summed E-state index contributed by atoms with van der Waals surface area (Å²) in [6.45, 7) is 7.74. The highest BCUT2D eigenvalue weighted by Gasteiger charge is 2.49. The van der Waals surface area contributed by atoms with E-state index in [1.165, 1.54) is 12.1 Å². The van der Waals surface area contributed by atoms with Crippen LogP contribution in [0.4, 0.5) is 13.2 Å². The molecule has 22 heavy (non-hydrogen) atoms. The van der Waals surface area contributed by atoms with Crippen LogP contribution in [0.3, 0.4) is 0 Å². The fourth-order valence-electron chi connectivity index (χ4n) is 2.91. The van der Waals surface area contributed by atoms with Gasteiger partial charge in [-0.25, -0.2) is 0 Å². The first kappa shape index (κ1) is 17.1. The molecule has 1 aliphatic rings. The Kier molecular flexibility index (Phi) is 3.80. The highest BCUT2D eigenvalue weighted by atomic mass is 32.2. The van der Waals surface area contributed by atoms with Crippen LogP contribution in [0.1, 0.15) is 51.7 Å². The van der Waals surface area contributed by atoms with Gasteiger partial charge in [0.2, 0.25) is 0 Å². The lowest BCUT2D eigenvalue weighted by Gasteiger charge is -2.42. The Balaban J connectivity index is 2.62. The summed E-state index contributed by atoms with van der Waals surface area (Å²) in [4.78, 5) is 0. The summed E-state index contributed by atoms with van der Waals surface area (Å²) >= 11 is 0. The van der Waals surface area contributed by atoms with Crippen LogP contribution >= 0.6 is 0 Å². The van der Waals surface area contributed by atoms with Crippen molar-refractivity contribution in [3.8, 4) is 5.75 Å². The zero-order chi connectivity index (χ0) is 17.0. The zero-order valence-electron chi connectivity index (χ0n) is 12.9. The van der Waals surface area contributed by atoms with E-state index < -0.39 is 21.0 Å². The zero-order valence-corrected chi connectivity index (χ0v) is 13.7. The van der Waals surface area contributed by atoms with E-state index in [-0.39, 0.29) is 11.2 Å². The molecule has 0 radical (unpaired) electrons. The van der Waals surface area contributed by atoms with E-state index in [0.29, 0.717) is 5.56 Å². The number of alkyl halides is 3. The normalized spacial score (nSPS) is 20.3. The maximum absolute atomic E-state index is 12.6. The Bertz CT molecular complexity index is 688. The molecule has 0 fully saturated rings. The summed E-state index contributed by atoms with van der Waals surface area (Å²) in [6.07, 6.45) is 1.60. The van der Waals surface area contributed by atoms with Gasteiger partial charge in [-0.1, -0.05) is 39.8 Å². The molecule has 0 N–H and O–H groups in total. The van der Waals surface area contributed by atoms with Gasteiger partial charge in [0.15, 0.2) is 0 Å². The molecular formula is C15H19F3O3S. The van der Waals surface area contributed by atoms with Gasteiger partial charge in [0.1, 0.15) is 5.75 Å². The summed E-state index contributed by atoms with van der Waals surface area (Å²) < 4.78 is 64.9. The summed E-state index contributed by atoms with van der Waals surface area (Å²) in [5.41, 5.74) is -4.77. The molecule has 124 valence electrons. The SMILES string of the molecule is CC1(C)CCC(C)(C)c2c(OS(=O)(=O)C(F)(F)F)cccc21. The van der Waals surface area contributed by atoms with Crippen LogP contribution < -0.4 is 4.18 Å². The van der Waals surface area contributed by atoms with Crippen LogP contribution in [0.15, 0.2) is 18.2 Å². The molecule has 0 atom stereocenters. The molecule has 0 amide bonds. The summed E-state index contributed by atoms with van der Waals surface area (Å²) in [5, 5.41) is 0. The average molecular weight is 336 g/mol. The summed E-state index contributed by atoms with van der Waals surface area (Å²) in [6, 6.07) is 4.64. The van der Waals surface area contributed by atoms with Crippen LogP contribution in [0.2, 0.25) is 0 Å². The number of hydrogen-bond acceptors (Lipinski definition) is 3. The Morgan fingerprint density at radius 3 is 2.14 bits per heavy atom. The average Bonchev–Trinajstić information content (AvgIpc) is 2.33. The second-order valence-electron chi connectivity index (χ2n) is 6.93. The fourth-order valence-corrected chi connectivity index (χ4v) is 3.38. The van der Waals surface area contributed by atoms with Gasteiger partial charge in [-0.05, 0) is 35.3 Å². The van der Waals surface area contributed by atoms with Gasteiger partial charge in [0.25, 0.3) is 0 Å². The molecule has 0 bridgehead atoms. The second-order valence-corrected chi connectivity index (χ2v) is 8.47. The number of halogens is 3. The predicted octanol–water partition coefficient (Wildman–Crippen LogP) is 4.26. The molecule has 7 heteroatoms. The van der Waals surface area contributed by atoms with Gasteiger partial charge in [0, 0.05) is 5.56 Å². The number of fused-ring (bicyclic) bond motifs is 1. The molecule has 0 heterocycles. The maximum atomic E-state index is 12.6. The molecule has 0 saturated carbocycles. The minimum Gasteiger partial charge on any atom is -0.376 e. The van der Waals surface area contributed by atoms with E-state index in [9.17, 15) is 21.6 Å². The second kappa shape index (κ2) is 4.88. The summed E-state index contributed by atoms with van der Waals surface area (Å²) in [7, 11) is -5.67. The van der Waals surface area contributed by atoms with Gasteiger partial charge in [-0.2, -0.15) is 21.6 Å². The largest absolute Gasteiger partial charge is 0.534 e. The highest BCUT2D eigenvalue weighted by Crippen LogP contribution is 2.49. The van der Waals surface area contributed by atoms with Crippen molar-refractivity contribution in [2.45, 2.75) is 56.9 Å². The summed E-state index contributed by atoms with van der Waals surface area (Å²) in [5.74, 6) is -0.229. The Morgan fingerprint density at radius 1 is 1.05 bits per heavy atom. The molecule has 0 aromatic heterocycles. The van der Waals surface area contributed by atoms with E-state index in [0.717, 1.165) is 18.4 Å². The highest BCUT2D eigenvalue weighted by molar-refractivity contribution is 7.88. The topological polar surface area (TPSA) is 43.4 Å². The standard InChI is InChI=1S/C15H19F3O3S/c1-13(2)8-9-14(3,4)12-10(13)6-5-7-11(12)21-22(19,20)15(16,17)18/h5-7H,8-9H2,1-4H3. The minimum absolute atomic E-state index is 0.229. The van der Waals surface area contributed by atoms with Crippen molar-refractivity contribution in [1.82, 2.24) is 0 Å². The molecule has 0 unspecified atom stereocenters. The van der Waals surface area contributed by atoms with E-state index >= 15 is 0 Å². The van der Waals surface area contributed by atoms with Crippen molar-refractivity contribution < 1.29 is 25.8 Å². The molecule has 2 rings (SSSR count). The molecule has 3 nitrogen and oxygen atoms in total. The number of benzene rings is 1. The first-order chi connectivity index (χ1) is 9.78. The monoisotopic (exact) mass is 336 g/mol. The lowest BCUT2D eigenvalue weighted by Crippen LogP contribution is -2.35. The van der Waals surface area contributed by atoms with Gasteiger partial charge in [0.05, 0.1) is 0 Å². The third kappa shape index (κ3) is 2.83. The molecular weight excluding hydrogens is 317 g/mol. The van der Waals surface area contributed by atoms with Gasteiger partial charge in [-0.3, -0.25) is 0 Å². The van der Waals surface area contributed by atoms with E-state index in [1.54, 1.807) is 0 Å². The lowest BCUT2D eigenvalue weighted by atomic mass is 9.63. The van der Waals surface area contributed by atoms with E-state index in [2.05, 4.69) is 4.18 Å². The molecule has 0 spiro atoms. The van der Waals surface area contributed by atoms with Crippen molar-refractivity contribution in [1.29, 1.82) is 0 Å². The smallest absolute Gasteiger partial charge is 0.376 e. The van der Waals surface area contributed by atoms with Gasteiger partial charge < -0.3 is 4.18 Å². The van der Waals surface area contributed by atoms with Crippen molar-refractivity contribution in [2.75, 3.05) is 0 Å². The molecule has 1 aromatic carbocycles. The first-order valence-corrected chi connectivity index (χ1v) is 8.33. The van der Waals surface area contributed by atoms with Crippen LogP contribution in [-0.4, -0.2) is 13.9 Å². The Morgan fingerprint density at radius 2 is 1.59 bits per heavy atom. The van der Waals surface area contributed by atoms with Crippen molar-refractivity contribution >= 4 is 10.1 Å². The van der Waals surface area contributed by atoms with Crippen LogP contribution in [0, 0.1) is 0 Å². The van der Waals surface area contributed by atoms with Gasteiger partial charge >= 0.3 is 15.6 Å².